The summed E-state index contributed by atoms with van der Waals surface area (Å²) < 4.78 is 10.4. The summed E-state index contributed by atoms with van der Waals surface area (Å²) in [5, 5.41) is 13.0. The molecule has 10 heteroatoms. The zero-order chi connectivity index (χ0) is 23.5. The Morgan fingerprint density at radius 3 is 2.55 bits per heavy atom. The van der Waals surface area contributed by atoms with Crippen molar-refractivity contribution >= 4 is 34.2 Å². The number of pyridine rings is 1. The number of rotatable bonds is 7. The van der Waals surface area contributed by atoms with Crippen LogP contribution in [0.4, 0.5) is 11.4 Å². The third kappa shape index (κ3) is 4.22. The van der Waals surface area contributed by atoms with Gasteiger partial charge in [-0.1, -0.05) is 18.2 Å². The van der Waals surface area contributed by atoms with Crippen LogP contribution in [0.3, 0.4) is 0 Å². The van der Waals surface area contributed by atoms with E-state index < -0.39 is 11.9 Å². The second-order valence-corrected chi connectivity index (χ2v) is 6.93. The maximum absolute atomic E-state index is 12.1. The number of amides is 1. The number of anilines is 2. The molecule has 0 spiro atoms. The number of primary amides is 1. The molecule has 2 aromatic carbocycles. The average molecular weight is 445 g/mol. The lowest BCUT2D eigenvalue weighted by molar-refractivity contribution is 0.0696. The lowest BCUT2D eigenvalue weighted by Gasteiger charge is -2.15. The minimum Gasteiger partial charge on any atom is -0.480 e. The Kier molecular flexibility index (Phi) is 5.73. The van der Waals surface area contributed by atoms with Gasteiger partial charge in [-0.25, -0.2) is 9.78 Å². The van der Waals surface area contributed by atoms with E-state index in [4.69, 9.17) is 15.2 Å². The smallest absolute Gasteiger partial charge is 0.335 e. The Morgan fingerprint density at radius 2 is 1.85 bits per heavy atom. The molecule has 33 heavy (non-hydrogen) atoms. The number of ether oxygens (including phenoxy) is 2. The monoisotopic (exact) mass is 445 g/mol. The number of fused-ring (bicyclic) bond motifs is 1. The number of nitrogens with one attached hydrogen (secondary N) is 1. The van der Waals surface area contributed by atoms with Crippen molar-refractivity contribution in [1.82, 2.24) is 15.0 Å². The maximum Gasteiger partial charge on any atom is 0.335 e. The van der Waals surface area contributed by atoms with Crippen LogP contribution < -0.4 is 20.5 Å². The van der Waals surface area contributed by atoms with Crippen LogP contribution in [0.2, 0.25) is 0 Å². The fourth-order valence-electron chi connectivity index (χ4n) is 3.36. The minimum atomic E-state index is -1.06. The zero-order valence-electron chi connectivity index (χ0n) is 17.7. The number of hydrogen-bond donors (Lipinski definition) is 3. The Labute approximate surface area is 188 Å². The Morgan fingerprint density at radius 1 is 1.03 bits per heavy atom. The summed E-state index contributed by atoms with van der Waals surface area (Å²) in [6, 6.07) is 11.8. The van der Waals surface area contributed by atoms with E-state index in [1.165, 1.54) is 32.5 Å². The highest BCUT2D eigenvalue weighted by Gasteiger charge is 2.17. The highest BCUT2D eigenvalue weighted by molar-refractivity contribution is 6.08. The van der Waals surface area contributed by atoms with E-state index >= 15 is 0 Å². The van der Waals surface area contributed by atoms with E-state index in [0.29, 0.717) is 33.7 Å². The van der Waals surface area contributed by atoms with Crippen molar-refractivity contribution in [2.24, 2.45) is 5.73 Å². The molecule has 4 N–H and O–H groups in total. The minimum absolute atomic E-state index is 0.105. The molecule has 0 radical (unpaired) electrons. The second kappa shape index (κ2) is 8.79. The first kappa shape index (κ1) is 21.5. The third-order valence-electron chi connectivity index (χ3n) is 4.93. The summed E-state index contributed by atoms with van der Waals surface area (Å²) in [5.74, 6) is -1.40. The fraction of sp³-hybridized carbons (Fsp3) is 0.0870. The first-order valence-corrected chi connectivity index (χ1v) is 9.69. The van der Waals surface area contributed by atoms with E-state index in [1.807, 2.05) is 0 Å². The summed E-state index contributed by atoms with van der Waals surface area (Å²) in [6.07, 6.45) is 2.96. The van der Waals surface area contributed by atoms with Crippen LogP contribution in [0, 0.1) is 0 Å². The standard InChI is InChI=1S/C23H19N5O5/c1-32-21-16(10-26-23(28-21)33-2)12-6-7-15-18(9-12)25-11-17(20(24)29)19(15)27-14-5-3-4-13(8-14)22(30)31/h3-11H,1-2H3,(H2,24,29)(H,25,27)(H,30,31). The molecule has 2 aromatic heterocycles. The molecule has 0 saturated heterocycles. The van der Waals surface area contributed by atoms with Crippen molar-refractivity contribution < 1.29 is 24.2 Å². The van der Waals surface area contributed by atoms with Crippen molar-refractivity contribution in [3.63, 3.8) is 0 Å². The number of nitrogens with zero attached hydrogens (tertiary/aromatic N) is 3. The summed E-state index contributed by atoms with van der Waals surface area (Å²) in [4.78, 5) is 36.1. The summed E-state index contributed by atoms with van der Waals surface area (Å²) in [5.41, 5.74) is 8.67. The predicted octanol–water partition coefficient (Wildman–Crippen LogP) is 3.25. The highest BCUT2D eigenvalue weighted by atomic mass is 16.5. The van der Waals surface area contributed by atoms with E-state index in [9.17, 15) is 14.7 Å². The number of methoxy groups -OCH3 is 2. The lowest BCUT2D eigenvalue weighted by Crippen LogP contribution is -2.14. The molecule has 0 unspecified atom stereocenters. The van der Waals surface area contributed by atoms with Gasteiger partial charge in [-0.3, -0.25) is 9.78 Å². The van der Waals surface area contributed by atoms with Gasteiger partial charge in [0.25, 0.3) is 5.91 Å². The molecule has 0 bridgehead atoms. The van der Waals surface area contributed by atoms with Crippen molar-refractivity contribution in [2.45, 2.75) is 0 Å². The van der Waals surface area contributed by atoms with Crippen LogP contribution in [-0.2, 0) is 0 Å². The van der Waals surface area contributed by atoms with Gasteiger partial charge < -0.3 is 25.6 Å². The van der Waals surface area contributed by atoms with Crippen LogP contribution in [-0.4, -0.2) is 46.2 Å². The second-order valence-electron chi connectivity index (χ2n) is 6.93. The van der Waals surface area contributed by atoms with Crippen LogP contribution >= 0.6 is 0 Å². The highest BCUT2D eigenvalue weighted by Crippen LogP contribution is 2.34. The van der Waals surface area contributed by atoms with Crippen LogP contribution in [0.25, 0.3) is 22.0 Å². The summed E-state index contributed by atoms with van der Waals surface area (Å²) in [6.45, 7) is 0. The van der Waals surface area contributed by atoms with Gasteiger partial charge in [-0.2, -0.15) is 4.98 Å². The largest absolute Gasteiger partial charge is 0.480 e. The van der Waals surface area contributed by atoms with E-state index in [0.717, 1.165) is 5.56 Å². The van der Waals surface area contributed by atoms with Crippen molar-refractivity contribution in [2.75, 3.05) is 19.5 Å². The molecular formula is C23H19N5O5. The van der Waals surface area contributed by atoms with Gasteiger partial charge in [0.2, 0.25) is 5.88 Å². The molecule has 0 aliphatic heterocycles. The molecule has 0 atom stereocenters. The predicted molar refractivity (Wildman–Crippen MR) is 121 cm³/mol. The molecule has 2 heterocycles. The lowest BCUT2D eigenvalue weighted by atomic mass is 10.0. The molecule has 0 saturated carbocycles. The van der Waals surface area contributed by atoms with Crippen molar-refractivity contribution in [3.8, 4) is 23.0 Å². The maximum atomic E-state index is 12.1. The Balaban J connectivity index is 1.84. The van der Waals surface area contributed by atoms with E-state index in [2.05, 4.69) is 20.3 Å². The van der Waals surface area contributed by atoms with Gasteiger partial charge >= 0.3 is 12.0 Å². The quantitative estimate of drug-likeness (QED) is 0.389. The molecule has 0 aliphatic carbocycles. The van der Waals surface area contributed by atoms with Crippen molar-refractivity contribution in [3.05, 3.63) is 66.0 Å². The van der Waals surface area contributed by atoms with E-state index in [1.54, 1.807) is 36.5 Å². The summed E-state index contributed by atoms with van der Waals surface area (Å²) >= 11 is 0. The van der Waals surface area contributed by atoms with Gasteiger partial charge in [0.15, 0.2) is 0 Å². The number of hydrogen-bond acceptors (Lipinski definition) is 8. The topological polar surface area (TPSA) is 150 Å². The molecule has 10 nitrogen and oxygen atoms in total. The number of nitrogens with two attached hydrogens (primary N) is 1. The van der Waals surface area contributed by atoms with Gasteiger partial charge in [0, 0.05) is 23.5 Å². The average Bonchev–Trinajstić information content (AvgIpc) is 2.83. The molecule has 4 aromatic rings. The number of carboxylic acids is 1. The number of aromatic carboxylic acids is 1. The molecule has 0 fully saturated rings. The Bertz CT molecular complexity index is 1390. The molecule has 4 rings (SSSR count). The van der Waals surface area contributed by atoms with Gasteiger partial charge in [0.05, 0.1) is 42.1 Å². The molecular weight excluding hydrogens is 426 g/mol. The molecule has 1 amide bonds. The number of benzene rings is 2. The normalized spacial score (nSPS) is 10.6. The first-order chi connectivity index (χ1) is 15.9. The van der Waals surface area contributed by atoms with Crippen LogP contribution in [0.15, 0.2) is 54.9 Å². The summed E-state index contributed by atoms with van der Waals surface area (Å²) in [7, 11) is 2.96. The Hall–Kier alpha value is -4.73. The number of carboxylic acid groups (broad SMARTS) is 1. The number of carbonyl (C=O) groups is 2. The first-order valence-electron chi connectivity index (χ1n) is 9.69. The van der Waals surface area contributed by atoms with Crippen molar-refractivity contribution in [1.29, 1.82) is 0 Å². The van der Waals surface area contributed by atoms with Gasteiger partial charge in [0.1, 0.15) is 0 Å². The number of carbonyl (C=O) groups excluding carboxylic acids is 1. The van der Waals surface area contributed by atoms with Crippen LogP contribution in [0.5, 0.6) is 11.9 Å². The van der Waals surface area contributed by atoms with Gasteiger partial charge in [-0.15, -0.1) is 0 Å². The molecule has 0 aliphatic rings. The molecule has 166 valence electrons. The number of aromatic nitrogens is 3. The zero-order valence-corrected chi connectivity index (χ0v) is 17.7. The third-order valence-corrected chi connectivity index (χ3v) is 4.93. The van der Waals surface area contributed by atoms with Crippen LogP contribution in [0.1, 0.15) is 20.7 Å². The van der Waals surface area contributed by atoms with Gasteiger partial charge in [-0.05, 0) is 29.8 Å². The SMILES string of the molecule is COc1ncc(-c2ccc3c(Nc4cccc(C(=O)O)c4)c(C(N)=O)cnc3c2)c(OC)n1. The van der Waals surface area contributed by atoms with E-state index in [-0.39, 0.29) is 17.1 Å². The fourth-order valence-corrected chi connectivity index (χ4v) is 3.36.